The van der Waals surface area contributed by atoms with Crippen LogP contribution in [0.4, 0.5) is 4.79 Å². The lowest BCUT2D eigenvalue weighted by Gasteiger charge is -2.29. The van der Waals surface area contributed by atoms with Gasteiger partial charge in [-0.2, -0.15) is 0 Å². The molecule has 0 aliphatic heterocycles. The van der Waals surface area contributed by atoms with Gasteiger partial charge < -0.3 is 10.1 Å². The van der Waals surface area contributed by atoms with Gasteiger partial charge in [0, 0.05) is 11.1 Å². The van der Waals surface area contributed by atoms with Crippen LogP contribution in [-0.2, 0) is 22.3 Å². The maximum Gasteiger partial charge on any atom is 0.408 e. The molecule has 1 saturated carbocycles. The van der Waals surface area contributed by atoms with Gasteiger partial charge in [0.2, 0.25) is 0 Å². The van der Waals surface area contributed by atoms with E-state index in [9.17, 15) is 4.79 Å². The summed E-state index contributed by atoms with van der Waals surface area (Å²) >= 11 is 6.32. The summed E-state index contributed by atoms with van der Waals surface area (Å²) in [5.74, 6) is 0. The number of carbonyl (C=O) groups excluding carboxylic acids is 1. The second-order valence-corrected chi connectivity index (χ2v) is 8.53. The largest absolute Gasteiger partial charge is 0.445 e. The van der Waals surface area contributed by atoms with Gasteiger partial charge >= 0.3 is 6.09 Å². The van der Waals surface area contributed by atoms with Crippen LogP contribution in [0.5, 0.6) is 0 Å². The average molecular weight is 387 g/mol. The highest BCUT2D eigenvalue weighted by atomic mass is 35.5. The summed E-state index contributed by atoms with van der Waals surface area (Å²) in [5.41, 5.74) is 2.33. The summed E-state index contributed by atoms with van der Waals surface area (Å²) in [7, 11) is 0. The maximum atomic E-state index is 12.3. The fourth-order valence-corrected chi connectivity index (χ4v) is 3.87. The molecule has 144 valence electrons. The molecule has 0 bridgehead atoms. The third kappa shape index (κ3) is 4.81. The van der Waals surface area contributed by atoms with Crippen molar-refractivity contribution in [3.8, 4) is 0 Å². The molecule has 0 atom stereocenters. The van der Waals surface area contributed by atoms with E-state index in [0.717, 1.165) is 29.7 Å². The van der Waals surface area contributed by atoms with Crippen molar-refractivity contribution in [1.82, 2.24) is 10.3 Å². The number of rotatable bonds is 5. The first-order valence-electron chi connectivity index (χ1n) is 9.46. The van der Waals surface area contributed by atoms with E-state index in [4.69, 9.17) is 16.3 Å². The molecule has 4 nitrogen and oxygen atoms in total. The molecule has 0 saturated heterocycles. The third-order valence-electron chi connectivity index (χ3n) is 5.47. The molecule has 1 aromatic carbocycles. The van der Waals surface area contributed by atoms with Crippen molar-refractivity contribution in [2.75, 3.05) is 0 Å². The average Bonchev–Trinajstić information content (AvgIpc) is 3.08. The maximum absolute atomic E-state index is 12.3. The van der Waals surface area contributed by atoms with Crippen LogP contribution >= 0.6 is 11.6 Å². The van der Waals surface area contributed by atoms with Crippen LogP contribution in [-0.4, -0.2) is 11.1 Å². The number of nitrogens with one attached hydrogen (secondary N) is 1. The van der Waals surface area contributed by atoms with Gasteiger partial charge in [-0.1, -0.05) is 61.7 Å². The number of aromatic nitrogens is 1. The van der Waals surface area contributed by atoms with E-state index < -0.39 is 11.6 Å². The van der Waals surface area contributed by atoms with Crippen molar-refractivity contribution in [3.05, 3.63) is 64.4 Å². The summed E-state index contributed by atoms with van der Waals surface area (Å²) in [6, 6.07) is 13.5. The second-order valence-electron chi connectivity index (χ2n) is 8.14. The van der Waals surface area contributed by atoms with Crippen molar-refractivity contribution >= 4 is 17.7 Å². The predicted octanol–water partition coefficient (Wildman–Crippen LogP) is 5.73. The molecule has 1 amide bonds. The second kappa shape index (κ2) is 7.89. The molecule has 2 aromatic rings. The Labute approximate surface area is 166 Å². The fourth-order valence-electron chi connectivity index (χ4n) is 3.66. The molecule has 0 unspecified atom stereocenters. The number of hydrogen-bond acceptors (Lipinski definition) is 3. The number of pyridine rings is 1. The lowest BCUT2D eigenvalue weighted by molar-refractivity contribution is 0.129. The van der Waals surface area contributed by atoms with E-state index in [2.05, 4.69) is 23.3 Å². The third-order valence-corrected chi connectivity index (χ3v) is 5.66. The summed E-state index contributed by atoms with van der Waals surface area (Å²) in [6.45, 7) is 6.38. The zero-order valence-corrected chi connectivity index (χ0v) is 17.0. The topological polar surface area (TPSA) is 51.2 Å². The first-order valence-corrected chi connectivity index (χ1v) is 9.84. The van der Waals surface area contributed by atoms with Crippen LogP contribution in [0, 0.1) is 0 Å². The molecular weight excluding hydrogens is 360 g/mol. The Balaban J connectivity index is 1.72. The molecule has 1 heterocycles. The van der Waals surface area contributed by atoms with Gasteiger partial charge in [-0.15, -0.1) is 0 Å². The monoisotopic (exact) mass is 386 g/mol. The standard InChI is InChI=1S/C22H27ClN2O2/c1-21(2,25-20(26)27-15-16-9-5-4-6-10-16)17-13-18(24-19(23)14-17)22(3)11-7-8-12-22/h4-6,9-10,13-14H,7-8,11-12,15H2,1-3H3,(H,25,26). The number of hydrogen-bond donors (Lipinski definition) is 1. The van der Waals surface area contributed by atoms with Crippen molar-refractivity contribution in [3.63, 3.8) is 0 Å². The number of carbonyl (C=O) groups is 1. The summed E-state index contributed by atoms with van der Waals surface area (Å²) in [4.78, 5) is 16.9. The van der Waals surface area contributed by atoms with Gasteiger partial charge in [-0.05, 0) is 49.9 Å². The number of halogens is 1. The number of benzene rings is 1. The Bertz CT molecular complexity index is 799. The molecule has 0 spiro atoms. The van der Waals surface area contributed by atoms with Crippen molar-refractivity contribution in [1.29, 1.82) is 0 Å². The van der Waals surface area contributed by atoms with E-state index in [0.29, 0.717) is 5.15 Å². The minimum absolute atomic E-state index is 0.0591. The molecule has 0 radical (unpaired) electrons. The molecule has 1 aromatic heterocycles. The van der Waals surface area contributed by atoms with Crippen LogP contribution < -0.4 is 5.32 Å². The summed E-state index contributed by atoms with van der Waals surface area (Å²) in [6.07, 6.45) is 4.21. The minimum Gasteiger partial charge on any atom is -0.445 e. The van der Waals surface area contributed by atoms with Crippen molar-refractivity contribution in [2.24, 2.45) is 0 Å². The summed E-state index contributed by atoms with van der Waals surface area (Å²) in [5, 5.41) is 3.41. The van der Waals surface area contributed by atoms with E-state index in [1.54, 1.807) is 0 Å². The van der Waals surface area contributed by atoms with Crippen molar-refractivity contribution in [2.45, 2.75) is 64.0 Å². The van der Waals surface area contributed by atoms with Crippen LogP contribution in [0.15, 0.2) is 42.5 Å². The smallest absolute Gasteiger partial charge is 0.408 e. The van der Waals surface area contributed by atoms with E-state index in [1.807, 2.05) is 50.2 Å². The Hall–Kier alpha value is -2.07. The van der Waals surface area contributed by atoms with Crippen LogP contribution in [0.3, 0.4) is 0 Å². The highest BCUT2D eigenvalue weighted by Crippen LogP contribution is 2.41. The van der Waals surface area contributed by atoms with E-state index in [1.165, 1.54) is 12.8 Å². The Morgan fingerprint density at radius 3 is 2.56 bits per heavy atom. The summed E-state index contributed by atoms with van der Waals surface area (Å²) < 4.78 is 5.37. The number of amides is 1. The quantitative estimate of drug-likeness (QED) is 0.667. The van der Waals surface area contributed by atoms with E-state index >= 15 is 0 Å². The van der Waals surface area contributed by atoms with Crippen LogP contribution in [0.25, 0.3) is 0 Å². The highest BCUT2D eigenvalue weighted by Gasteiger charge is 2.34. The van der Waals surface area contributed by atoms with E-state index in [-0.39, 0.29) is 12.0 Å². The fraction of sp³-hybridized carbons (Fsp3) is 0.455. The van der Waals surface area contributed by atoms with Gasteiger partial charge in [0.1, 0.15) is 11.8 Å². The lowest BCUT2D eigenvalue weighted by atomic mass is 9.82. The predicted molar refractivity (Wildman–Crippen MR) is 108 cm³/mol. The first kappa shape index (κ1) is 19.7. The molecule has 27 heavy (non-hydrogen) atoms. The van der Waals surface area contributed by atoms with Gasteiger partial charge in [0.05, 0.1) is 5.54 Å². The minimum atomic E-state index is -0.621. The molecular formula is C22H27ClN2O2. The molecule has 1 fully saturated rings. The molecule has 5 heteroatoms. The van der Waals surface area contributed by atoms with Gasteiger partial charge in [-0.25, -0.2) is 9.78 Å². The van der Waals surface area contributed by atoms with Gasteiger partial charge in [0.25, 0.3) is 0 Å². The molecule has 1 N–H and O–H groups in total. The zero-order valence-electron chi connectivity index (χ0n) is 16.2. The Morgan fingerprint density at radius 1 is 1.22 bits per heavy atom. The number of ether oxygens (including phenoxy) is 1. The van der Waals surface area contributed by atoms with Crippen LogP contribution in [0.1, 0.15) is 63.3 Å². The Kier molecular flexibility index (Phi) is 5.75. The van der Waals surface area contributed by atoms with Crippen molar-refractivity contribution < 1.29 is 9.53 Å². The molecule has 3 rings (SSSR count). The SMILES string of the molecule is CC1(c2cc(C(C)(C)NC(=O)OCc3ccccc3)cc(Cl)n2)CCCC1. The molecule has 1 aliphatic carbocycles. The zero-order chi connectivity index (χ0) is 19.5. The lowest BCUT2D eigenvalue weighted by Crippen LogP contribution is -2.41. The number of alkyl carbamates (subject to hydrolysis) is 1. The first-order chi connectivity index (χ1) is 12.8. The van der Waals surface area contributed by atoms with Gasteiger partial charge in [0.15, 0.2) is 0 Å². The highest BCUT2D eigenvalue weighted by molar-refractivity contribution is 6.29. The Morgan fingerprint density at radius 2 is 1.89 bits per heavy atom. The number of nitrogens with zero attached hydrogens (tertiary/aromatic N) is 1. The van der Waals surface area contributed by atoms with Gasteiger partial charge in [-0.3, -0.25) is 0 Å². The normalized spacial score (nSPS) is 16.1. The molecule has 1 aliphatic rings. The van der Waals surface area contributed by atoms with Crippen LogP contribution in [0.2, 0.25) is 5.15 Å².